The van der Waals surface area contributed by atoms with Crippen molar-refractivity contribution in [2.24, 2.45) is 0 Å². The van der Waals surface area contributed by atoms with Gasteiger partial charge < -0.3 is 31.7 Å². The second-order valence-electron chi connectivity index (χ2n) is 0.447. The molecule has 0 spiro atoms. The molecule has 0 aromatic carbocycles. The molecule has 0 saturated heterocycles. The summed E-state index contributed by atoms with van der Waals surface area (Å²) in [7, 11) is -5.39. The minimum absolute atomic E-state index is 0. The van der Waals surface area contributed by atoms with E-state index in [4.69, 9.17) is 19.2 Å². The number of halogens is 1. The summed E-state index contributed by atoms with van der Waals surface area (Å²) < 4.78 is 8.55. The molecule has 0 N–H and O–H groups in total. The predicted molar refractivity (Wildman–Crippen MR) is 7.61 cm³/mol. The summed E-state index contributed by atoms with van der Waals surface area (Å²) in [5.74, 6) is 0. The molecular formula is ClO4PPr2+2. The van der Waals surface area contributed by atoms with Crippen LogP contribution in [0.4, 0.5) is 0 Å². The Kier molecular flexibility index (Phi) is 28.4. The van der Waals surface area contributed by atoms with E-state index in [-0.39, 0.29) is 95.0 Å². The maximum absolute atomic E-state index is 8.55. The molecule has 0 aliphatic rings. The van der Waals surface area contributed by atoms with Gasteiger partial charge in [-0.05, 0) is 0 Å². The van der Waals surface area contributed by atoms with Crippen LogP contribution in [0.1, 0.15) is 0 Å². The first kappa shape index (κ1) is 22.5. The van der Waals surface area contributed by atoms with Gasteiger partial charge in [-0.15, -0.1) is 0 Å². The van der Waals surface area contributed by atoms with Gasteiger partial charge in [0, 0.05) is 0 Å². The third-order valence-corrected chi connectivity index (χ3v) is 0. The summed E-state index contributed by atoms with van der Waals surface area (Å²) in [4.78, 5) is 25.6. The van der Waals surface area contributed by atoms with Crippen LogP contribution in [0.2, 0.25) is 0 Å². The first-order valence-electron chi connectivity index (χ1n) is 0.730. The Morgan fingerprint density at radius 2 is 1.00 bits per heavy atom. The topological polar surface area (TPSA) is 86.2 Å². The molecule has 0 heterocycles. The molecule has 0 unspecified atom stereocenters. The van der Waals surface area contributed by atoms with Crippen molar-refractivity contribution < 1.29 is 114 Å². The first-order valence-corrected chi connectivity index (χ1v) is 2.19. The van der Waals surface area contributed by atoms with Gasteiger partial charge in [-0.2, -0.15) is 7.82 Å². The van der Waals surface area contributed by atoms with Crippen LogP contribution >= 0.6 is 7.82 Å². The SMILES string of the molecule is O=P([O-])([O-])[O-].[Cl-].[Pr+3].[Pr+3]. The Labute approximate surface area is 119 Å². The molecule has 4 nitrogen and oxygen atoms in total. The van der Waals surface area contributed by atoms with E-state index < -0.39 is 7.82 Å². The smallest absolute Gasteiger partial charge is 1.00 e. The standard InChI is InChI=1S/ClH.H3O4P.2Pr/c;1-5(2,3)4;;/h1H;(H3,1,2,3,4);;/q;;2*+3/p-4. The summed E-state index contributed by atoms with van der Waals surface area (Å²) in [6.45, 7) is 0. The summed E-state index contributed by atoms with van der Waals surface area (Å²) in [6, 6.07) is 0. The van der Waals surface area contributed by atoms with Crippen LogP contribution in [0, 0.1) is 82.6 Å². The zero-order chi connectivity index (χ0) is 4.50. The van der Waals surface area contributed by atoms with Gasteiger partial charge in [-0.3, -0.25) is 0 Å². The van der Waals surface area contributed by atoms with Crippen LogP contribution in [0.15, 0.2) is 0 Å². The summed E-state index contributed by atoms with van der Waals surface area (Å²) in [6.07, 6.45) is 0. The van der Waals surface area contributed by atoms with Crippen LogP contribution in [0.3, 0.4) is 0 Å². The first-order chi connectivity index (χ1) is 2.00. The van der Waals surface area contributed by atoms with Gasteiger partial charge in [0.05, 0.1) is 0 Å². The van der Waals surface area contributed by atoms with E-state index >= 15 is 0 Å². The molecule has 0 aliphatic heterocycles. The molecule has 0 bridgehead atoms. The summed E-state index contributed by atoms with van der Waals surface area (Å²) in [5, 5.41) is 0. The fraction of sp³-hybridized carbons (Fsp3) is 0. The molecule has 0 radical (unpaired) electrons. The molecule has 0 aromatic rings. The second kappa shape index (κ2) is 10.1. The van der Waals surface area contributed by atoms with Crippen molar-refractivity contribution in [3.8, 4) is 0 Å². The Morgan fingerprint density at radius 1 is 1.00 bits per heavy atom. The zero-order valence-electron chi connectivity index (χ0n) is 3.61. The van der Waals surface area contributed by atoms with Crippen LogP contribution < -0.4 is 27.1 Å². The van der Waals surface area contributed by atoms with Crippen molar-refractivity contribution in [2.45, 2.75) is 0 Å². The van der Waals surface area contributed by atoms with E-state index in [1.165, 1.54) is 0 Å². The van der Waals surface area contributed by atoms with Crippen molar-refractivity contribution in [1.29, 1.82) is 0 Å². The number of phosphoric acid groups is 1. The minimum Gasteiger partial charge on any atom is -1.00 e. The Hall–Kier alpha value is 3.13. The van der Waals surface area contributed by atoms with Crippen molar-refractivity contribution in [3.05, 3.63) is 0 Å². The van der Waals surface area contributed by atoms with E-state index in [1.807, 2.05) is 0 Å². The average molecular weight is 412 g/mol. The van der Waals surface area contributed by atoms with E-state index in [0.717, 1.165) is 0 Å². The molecule has 0 saturated carbocycles. The molecule has 8 heavy (non-hydrogen) atoms. The average Bonchev–Trinajstić information content (AvgIpc) is 0.722. The molecule has 8 heteroatoms. The van der Waals surface area contributed by atoms with Gasteiger partial charge in [-0.25, -0.2) is 0 Å². The number of hydrogen-bond acceptors (Lipinski definition) is 4. The van der Waals surface area contributed by atoms with E-state index in [0.29, 0.717) is 0 Å². The maximum Gasteiger partial charge on any atom is 3.00 e. The van der Waals surface area contributed by atoms with E-state index in [9.17, 15) is 0 Å². The molecule has 0 amide bonds. The largest absolute Gasteiger partial charge is 3.00 e. The number of rotatable bonds is 0. The molecule has 0 rings (SSSR count). The molecule has 40 valence electrons. The number of hydrogen-bond donors (Lipinski definition) is 0. The fourth-order valence-corrected chi connectivity index (χ4v) is 0. The van der Waals surface area contributed by atoms with Gasteiger partial charge in [-0.1, -0.05) is 0 Å². The van der Waals surface area contributed by atoms with E-state index in [2.05, 4.69) is 0 Å². The third-order valence-electron chi connectivity index (χ3n) is 0. The van der Waals surface area contributed by atoms with Gasteiger partial charge in [0.1, 0.15) is 0 Å². The Balaban J connectivity index is -0.0000000267. The summed E-state index contributed by atoms with van der Waals surface area (Å²) >= 11 is 0. The third kappa shape index (κ3) is 61.6. The maximum atomic E-state index is 8.55. The van der Waals surface area contributed by atoms with Gasteiger partial charge in [0.25, 0.3) is 0 Å². The molecular weight excluding hydrogens is 412 g/mol. The van der Waals surface area contributed by atoms with Gasteiger partial charge >= 0.3 is 82.6 Å². The van der Waals surface area contributed by atoms with Crippen LogP contribution in [-0.4, -0.2) is 0 Å². The normalized spacial score (nSPS) is 7.38. The minimum atomic E-state index is -5.39. The van der Waals surface area contributed by atoms with E-state index in [1.54, 1.807) is 0 Å². The van der Waals surface area contributed by atoms with Gasteiger partial charge in [0.2, 0.25) is 0 Å². The van der Waals surface area contributed by atoms with Crippen molar-refractivity contribution in [3.63, 3.8) is 0 Å². The van der Waals surface area contributed by atoms with Crippen molar-refractivity contribution >= 4 is 7.82 Å². The second-order valence-corrected chi connectivity index (χ2v) is 1.34. The van der Waals surface area contributed by atoms with Crippen molar-refractivity contribution in [2.75, 3.05) is 0 Å². The molecule has 0 aromatic heterocycles. The monoisotopic (exact) mass is 412 g/mol. The summed E-state index contributed by atoms with van der Waals surface area (Å²) in [5.41, 5.74) is 0. The molecule has 0 atom stereocenters. The molecule has 0 aliphatic carbocycles. The predicted octanol–water partition coefficient (Wildman–Crippen LogP) is -5.82. The van der Waals surface area contributed by atoms with Crippen LogP contribution in [0.25, 0.3) is 0 Å². The van der Waals surface area contributed by atoms with Crippen LogP contribution in [0.5, 0.6) is 0 Å². The zero-order valence-corrected chi connectivity index (χ0v) is 12.7. The fourth-order valence-electron chi connectivity index (χ4n) is 0. The van der Waals surface area contributed by atoms with Crippen LogP contribution in [-0.2, 0) is 4.57 Å². The Bertz CT molecular complexity index is 60.2. The molecule has 0 fully saturated rings. The van der Waals surface area contributed by atoms with Gasteiger partial charge in [0.15, 0.2) is 0 Å². The Morgan fingerprint density at radius 3 is 1.00 bits per heavy atom. The quantitative estimate of drug-likeness (QED) is 0.371. The van der Waals surface area contributed by atoms with Crippen molar-refractivity contribution in [1.82, 2.24) is 0 Å².